The Morgan fingerprint density at radius 3 is 2.80 bits per heavy atom. The number of aryl methyl sites for hydroxylation is 1. The summed E-state index contributed by atoms with van der Waals surface area (Å²) in [5, 5.41) is 0. The summed E-state index contributed by atoms with van der Waals surface area (Å²) in [6.07, 6.45) is 2.00. The highest BCUT2D eigenvalue weighted by atomic mass is 15.2. The van der Waals surface area contributed by atoms with Gasteiger partial charge in [0, 0.05) is 18.9 Å². The molecule has 1 heterocycles. The molecule has 10 heavy (non-hydrogen) atoms. The van der Waals surface area contributed by atoms with Crippen molar-refractivity contribution in [3.8, 4) is 0 Å². The number of hydrogen-bond acceptors (Lipinski definition) is 2. The number of aromatic nitrogens is 1. The van der Waals surface area contributed by atoms with Crippen molar-refractivity contribution in [2.75, 3.05) is 0 Å². The first-order valence-corrected chi connectivity index (χ1v) is 3.33. The molecule has 0 saturated heterocycles. The van der Waals surface area contributed by atoms with Gasteiger partial charge >= 0.3 is 0 Å². The lowest BCUT2D eigenvalue weighted by Crippen LogP contribution is -2.26. The van der Waals surface area contributed by atoms with Crippen LogP contribution in [0.4, 0.5) is 0 Å². The minimum Gasteiger partial charge on any atom is -0.353 e. The molecule has 3 heteroatoms. The second-order valence-electron chi connectivity index (χ2n) is 2.43. The fraction of sp³-hybridized carbons (Fsp3) is 0.429. The molecule has 0 aliphatic rings. The van der Waals surface area contributed by atoms with Crippen LogP contribution in [0, 0.1) is 0 Å². The predicted octanol–water partition coefficient (Wildman–Crippen LogP) is 0.549. The normalized spacial score (nSPS) is 13.5. The molecule has 3 N–H and O–H groups in total. The van der Waals surface area contributed by atoms with E-state index in [1.54, 1.807) is 0 Å². The Hall–Kier alpha value is -0.800. The lowest BCUT2D eigenvalue weighted by molar-refractivity contribution is 0.566. The van der Waals surface area contributed by atoms with Crippen molar-refractivity contribution in [2.24, 2.45) is 12.9 Å². The van der Waals surface area contributed by atoms with Crippen LogP contribution < -0.4 is 11.3 Å². The number of nitrogens with two attached hydrogens (primary N) is 1. The molecule has 0 unspecified atom stereocenters. The van der Waals surface area contributed by atoms with Crippen LogP contribution in [0.5, 0.6) is 0 Å². The Labute approximate surface area is 60.8 Å². The van der Waals surface area contributed by atoms with Crippen molar-refractivity contribution in [3.63, 3.8) is 0 Å². The van der Waals surface area contributed by atoms with Crippen molar-refractivity contribution in [1.29, 1.82) is 0 Å². The van der Waals surface area contributed by atoms with Gasteiger partial charge in [-0.25, -0.2) is 0 Å². The monoisotopic (exact) mass is 139 g/mol. The molecule has 0 aromatic carbocycles. The van der Waals surface area contributed by atoms with Gasteiger partial charge in [-0.15, -0.1) is 0 Å². The molecule has 0 saturated carbocycles. The highest BCUT2D eigenvalue weighted by Crippen LogP contribution is 2.09. The summed E-state index contributed by atoms with van der Waals surface area (Å²) in [6, 6.07) is 4.27. The molecule has 1 rings (SSSR count). The molecule has 0 fully saturated rings. The Kier molecular flexibility index (Phi) is 2.09. The molecule has 0 amide bonds. The highest BCUT2D eigenvalue weighted by Gasteiger charge is 2.03. The predicted molar refractivity (Wildman–Crippen MR) is 41.2 cm³/mol. The molecule has 0 aliphatic heterocycles. The largest absolute Gasteiger partial charge is 0.353 e. The Bertz CT molecular complexity index is 204. The van der Waals surface area contributed by atoms with E-state index in [4.69, 9.17) is 5.84 Å². The van der Waals surface area contributed by atoms with Gasteiger partial charge < -0.3 is 4.57 Å². The lowest BCUT2D eigenvalue weighted by atomic mass is 10.2. The Morgan fingerprint density at radius 1 is 1.70 bits per heavy atom. The zero-order valence-electron chi connectivity index (χ0n) is 6.33. The fourth-order valence-corrected chi connectivity index (χ4v) is 1.01. The van der Waals surface area contributed by atoms with Crippen LogP contribution in [-0.2, 0) is 7.05 Å². The Balaban J connectivity index is 2.82. The summed E-state index contributed by atoms with van der Waals surface area (Å²) in [5.41, 5.74) is 3.88. The number of nitrogens with one attached hydrogen (secondary N) is 1. The average Bonchev–Trinajstić information content (AvgIpc) is 2.34. The van der Waals surface area contributed by atoms with Crippen LogP contribution in [0.15, 0.2) is 18.3 Å². The van der Waals surface area contributed by atoms with Crippen molar-refractivity contribution in [3.05, 3.63) is 24.0 Å². The summed E-state index contributed by atoms with van der Waals surface area (Å²) in [5.74, 6) is 5.27. The van der Waals surface area contributed by atoms with Gasteiger partial charge in [0.1, 0.15) is 0 Å². The van der Waals surface area contributed by atoms with Crippen molar-refractivity contribution in [2.45, 2.75) is 13.0 Å². The van der Waals surface area contributed by atoms with E-state index < -0.39 is 0 Å². The molecule has 0 aliphatic carbocycles. The van der Waals surface area contributed by atoms with Crippen LogP contribution in [-0.4, -0.2) is 4.57 Å². The second kappa shape index (κ2) is 2.86. The van der Waals surface area contributed by atoms with Gasteiger partial charge in [-0.05, 0) is 19.1 Å². The molecule has 0 radical (unpaired) electrons. The number of hydrogen-bond donors (Lipinski definition) is 2. The fourth-order valence-electron chi connectivity index (χ4n) is 1.01. The molecule has 1 aromatic heterocycles. The van der Waals surface area contributed by atoms with Crippen molar-refractivity contribution >= 4 is 0 Å². The smallest absolute Gasteiger partial charge is 0.0583 e. The minimum atomic E-state index is 0.222. The van der Waals surface area contributed by atoms with E-state index in [9.17, 15) is 0 Å². The maximum absolute atomic E-state index is 5.27. The van der Waals surface area contributed by atoms with E-state index in [1.807, 2.05) is 36.9 Å². The average molecular weight is 139 g/mol. The van der Waals surface area contributed by atoms with E-state index in [0.29, 0.717) is 0 Å². The summed E-state index contributed by atoms with van der Waals surface area (Å²) in [7, 11) is 2.00. The van der Waals surface area contributed by atoms with Crippen LogP contribution in [0.3, 0.4) is 0 Å². The number of hydrazine groups is 1. The molecule has 3 nitrogen and oxygen atoms in total. The summed E-state index contributed by atoms with van der Waals surface area (Å²) in [6.45, 7) is 2.02. The summed E-state index contributed by atoms with van der Waals surface area (Å²) in [4.78, 5) is 0. The number of rotatable bonds is 2. The zero-order valence-corrected chi connectivity index (χ0v) is 6.33. The molecule has 56 valence electrons. The minimum absolute atomic E-state index is 0.222. The summed E-state index contributed by atoms with van der Waals surface area (Å²) < 4.78 is 2.05. The molecule has 0 bridgehead atoms. The second-order valence-corrected chi connectivity index (χ2v) is 2.43. The van der Waals surface area contributed by atoms with Gasteiger partial charge in [-0.1, -0.05) is 0 Å². The molecular formula is C7H13N3. The SMILES string of the molecule is C[C@H](NN)c1cccn1C. The van der Waals surface area contributed by atoms with Gasteiger partial charge in [0.25, 0.3) is 0 Å². The Morgan fingerprint density at radius 2 is 2.40 bits per heavy atom. The molecule has 1 aromatic rings. The van der Waals surface area contributed by atoms with Gasteiger partial charge in [0.2, 0.25) is 0 Å². The van der Waals surface area contributed by atoms with Gasteiger partial charge in [-0.3, -0.25) is 11.3 Å². The first-order chi connectivity index (χ1) is 4.75. The van der Waals surface area contributed by atoms with E-state index in [2.05, 4.69) is 5.43 Å². The quantitative estimate of drug-likeness (QED) is 0.464. The van der Waals surface area contributed by atoms with Gasteiger partial charge in [0.15, 0.2) is 0 Å². The number of nitrogens with zero attached hydrogens (tertiary/aromatic N) is 1. The zero-order chi connectivity index (χ0) is 7.56. The summed E-state index contributed by atoms with van der Waals surface area (Å²) >= 11 is 0. The van der Waals surface area contributed by atoms with Crippen molar-refractivity contribution < 1.29 is 0 Å². The van der Waals surface area contributed by atoms with Gasteiger partial charge in [-0.2, -0.15) is 0 Å². The third kappa shape index (κ3) is 1.20. The van der Waals surface area contributed by atoms with Gasteiger partial charge in [0.05, 0.1) is 6.04 Å². The molecule has 1 atom stereocenters. The first-order valence-electron chi connectivity index (χ1n) is 3.33. The molecular weight excluding hydrogens is 126 g/mol. The first kappa shape index (κ1) is 7.31. The highest BCUT2D eigenvalue weighted by molar-refractivity contribution is 5.10. The van der Waals surface area contributed by atoms with E-state index in [0.717, 1.165) is 0 Å². The van der Waals surface area contributed by atoms with E-state index in [-0.39, 0.29) is 6.04 Å². The third-order valence-electron chi connectivity index (χ3n) is 1.68. The molecule has 0 spiro atoms. The standard InChI is InChI=1S/C7H13N3/c1-6(9-8)7-4-3-5-10(7)2/h3-6,9H,8H2,1-2H3/t6-/m0/s1. The lowest BCUT2D eigenvalue weighted by Gasteiger charge is -2.10. The van der Waals surface area contributed by atoms with Crippen LogP contribution >= 0.6 is 0 Å². The van der Waals surface area contributed by atoms with E-state index in [1.165, 1.54) is 5.69 Å². The maximum Gasteiger partial charge on any atom is 0.0583 e. The third-order valence-corrected chi connectivity index (χ3v) is 1.68. The van der Waals surface area contributed by atoms with Crippen LogP contribution in [0.2, 0.25) is 0 Å². The van der Waals surface area contributed by atoms with Crippen LogP contribution in [0.1, 0.15) is 18.7 Å². The van der Waals surface area contributed by atoms with Crippen LogP contribution in [0.25, 0.3) is 0 Å². The maximum atomic E-state index is 5.27. The van der Waals surface area contributed by atoms with E-state index >= 15 is 0 Å². The topological polar surface area (TPSA) is 43.0 Å². The van der Waals surface area contributed by atoms with Crippen molar-refractivity contribution in [1.82, 2.24) is 9.99 Å².